The molecule has 4 rings (SSSR count). The topological polar surface area (TPSA) is 51.8 Å². The molecular weight excluding hydrogens is 306 g/mol. The van der Waals surface area contributed by atoms with Gasteiger partial charge in [0.05, 0.1) is 16.9 Å². The molecule has 2 aromatic heterocycles. The molecule has 0 bridgehead atoms. The van der Waals surface area contributed by atoms with Gasteiger partial charge in [-0.1, -0.05) is 61.5 Å². The molecule has 0 atom stereocenters. The summed E-state index contributed by atoms with van der Waals surface area (Å²) in [6.45, 7) is 2.10. The number of hydrogen-bond acceptors (Lipinski definition) is 3. The Bertz CT molecular complexity index is 1040. The van der Waals surface area contributed by atoms with Crippen LogP contribution in [0.2, 0.25) is 0 Å². The quantitative estimate of drug-likeness (QED) is 0.569. The van der Waals surface area contributed by atoms with Gasteiger partial charge in [0, 0.05) is 22.1 Å². The minimum absolute atomic E-state index is 0.554. The SMILES string of the molecule is CCc1nc(N)ccc1-c1cccc2ccc(-c3ccccc3)nc12. The molecule has 0 aliphatic rings. The van der Waals surface area contributed by atoms with E-state index in [0.29, 0.717) is 5.82 Å². The summed E-state index contributed by atoms with van der Waals surface area (Å²) in [5.41, 5.74) is 12.1. The Morgan fingerprint density at radius 1 is 0.760 bits per heavy atom. The standard InChI is InChI=1S/C22H19N3/c1-2-19-17(12-14-21(23)24-19)18-10-6-9-16-11-13-20(25-22(16)18)15-7-4-3-5-8-15/h3-14H,2H2,1H3,(H2,23,24). The molecule has 0 amide bonds. The number of nitrogens with two attached hydrogens (primary N) is 1. The van der Waals surface area contributed by atoms with Gasteiger partial charge in [0.2, 0.25) is 0 Å². The van der Waals surface area contributed by atoms with E-state index in [2.05, 4.69) is 54.4 Å². The van der Waals surface area contributed by atoms with Gasteiger partial charge >= 0.3 is 0 Å². The lowest BCUT2D eigenvalue weighted by Crippen LogP contribution is -1.98. The summed E-state index contributed by atoms with van der Waals surface area (Å²) in [7, 11) is 0. The molecule has 0 saturated heterocycles. The summed E-state index contributed by atoms with van der Waals surface area (Å²) < 4.78 is 0. The normalized spacial score (nSPS) is 10.9. The molecule has 0 aliphatic carbocycles. The number of rotatable bonds is 3. The third kappa shape index (κ3) is 2.85. The van der Waals surface area contributed by atoms with E-state index in [1.165, 1.54) is 0 Å². The van der Waals surface area contributed by atoms with Crippen molar-refractivity contribution in [3.63, 3.8) is 0 Å². The van der Waals surface area contributed by atoms with Crippen molar-refractivity contribution in [3.8, 4) is 22.4 Å². The molecule has 25 heavy (non-hydrogen) atoms. The Morgan fingerprint density at radius 2 is 1.60 bits per heavy atom. The number of nitrogen functional groups attached to an aromatic ring is 1. The second kappa shape index (κ2) is 6.36. The maximum absolute atomic E-state index is 5.87. The predicted octanol–water partition coefficient (Wildman–Crippen LogP) is 5.11. The van der Waals surface area contributed by atoms with Crippen molar-refractivity contribution < 1.29 is 0 Å². The van der Waals surface area contributed by atoms with Crippen molar-refractivity contribution in [2.24, 2.45) is 0 Å². The lowest BCUT2D eigenvalue weighted by Gasteiger charge is -2.12. The smallest absolute Gasteiger partial charge is 0.123 e. The fraction of sp³-hybridized carbons (Fsp3) is 0.0909. The second-order valence-electron chi connectivity index (χ2n) is 6.02. The number of aryl methyl sites for hydroxylation is 1. The van der Waals surface area contributed by atoms with Crippen LogP contribution in [0.3, 0.4) is 0 Å². The molecule has 0 saturated carbocycles. The first-order valence-corrected chi connectivity index (χ1v) is 8.47. The van der Waals surface area contributed by atoms with Crippen molar-refractivity contribution in [2.45, 2.75) is 13.3 Å². The highest BCUT2D eigenvalue weighted by atomic mass is 14.8. The van der Waals surface area contributed by atoms with E-state index >= 15 is 0 Å². The second-order valence-corrected chi connectivity index (χ2v) is 6.02. The van der Waals surface area contributed by atoms with Crippen LogP contribution in [0.15, 0.2) is 72.8 Å². The van der Waals surface area contributed by atoms with Crippen LogP contribution in [0.4, 0.5) is 5.82 Å². The first kappa shape index (κ1) is 15.3. The fourth-order valence-electron chi connectivity index (χ4n) is 3.17. The number of fused-ring (bicyclic) bond motifs is 1. The van der Waals surface area contributed by atoms with Crippen LogP contribution in [0, 0.1) is 0 Å². The first-order valence-electron chi connectivity index (χ1n) is 8.47. The molecule has 0 spiro atoms. The van der Waals surface area contributed by atoms with Gasteiger partial charge in [0.1, 0.15) is 5.82 Å². The van der Waals surface area contributed by atoms with E-state index in [0.717, 1.165) is 45.4 Å². The Hall–Kier alpha value is -3.20. The highest BCUT2D eigenvalue weighted by Crippen LogP contribution is 2.31. The van der Waals surface area contributed by atoms with Crippen molar-refractivity contribution in [2.75, 3.05) is 5.73 Å². The van der Waals surface area contributed by atoms with Crippen LogP contribution in [-0.2, 0) is 6.42 Å². The van der Waals surface area contributed by atoms with Gasteiger partial charge in [-0.3, -0.25) is 0 Å². The summed E-state index contributed by atoms with van der Waals surface area (Å²) in [5.74, 6) is 0.554. The van der Waals surface area contributed by atoms with E-state index in [4.69, 9.17) is 10.7 Å². The van der Waals surface area contributed by atoms with Crippen LogP contribution in [0.1, 0.15) is 12.6 Å². The van der Waals surface area contributed by atoms with Crippen LogP contribution in [0.25, 0.3) is 33.3 Å². The van der Waals surface area contributed by atoms with Crippen molar-refractivity contribution >= 4 is 16.7 Å². The zero-order valence-corrected chi connectivity index (χ0v) is 14.1. The van der Waals surface area contributed by atoms with Gasteiger partial charge < -0.3 is 5.73 Å². The third-order valence-corrected chi connectivity index (χ3v) is 4.41. The Balaban J connectivity index is 1.96. The fourth-order valence-corrected chi connectivity index (χ4v) is 3.17. The Kier molecular flexibility index (Phi) is 3.90. The molecule has 0 unspecified atom stereocenters. The van der Waals surface area contributed by atoms with Gasteiger partial charge in [-0.15, -0.1) is 0 Å². The van der Waals surface area contributed by atoms with Gasteiger partial charge in [-0.25, -0.2) is 9.97 Å². The molecule has 2 heterocycles. The van der Waals surface area contributed by atoms with Crippen LogP contribution in [-0.4, -0.2) is 9.97 Å². The third-order valence-electron chi connectivity index (χ3n) is 4.41. The number of anilines is 1. The van der Waals surface area contributed by atoms with Gasteiger partial charge in [-0.2, -0.15) is 0 Å². The molecule has 3 heteroatoms. The van der Waals surface area contributed by atoms with E-state index in [9.17, 15) is 0 Å². The minimum Gasteiger partial charge on any atom is -0.384 e. The summed E-state index contributed by atoms with van der Waals surface area (Å²) in [5, 5.41) is 1.12. The number of para-hydroxylation sites is 1. The van der Waals surface area contributed by atoms with Crippen molar-refractivity contribution in [1.82, 2.24) is 9.97 Å². The number of hydrogen-bond donors (Lipinski definition) is 1. The van der Waals surface area contributed by atoms with E-state index < -0.39 is 0 Å². The van der Waals surface area contributed by atoms with Crippen LogP contribution >= 0.6 is 0 Å². The molecule has 3 nitrogen and oxygen atoms in total. The minimum atomic E-state index is 0.554. The van der Waals surface area contributed by atoms with E-state index in [1.807, 2.05) is 30.3 Å². The lowest BCUT2D eigenvalue weighted by molar-refractivity contribution is 1.05. The first-order chi connectivity index (χ1) is 12.3. The average molecular weight is 325 g/mol. The highest BCUT2D eigenvalue weighted by Gasteiger charge is 2.11. The van der Waals surface area contributed by atoms with Gasteiger partial charge in [0.25, 0.3) is 0 Å². The molecule has 2 N–H and O–H groups in total. The Morgan fingerprint density at radius 3 is 2.40 bits per heavy atom. The molecule has 0 radical (unpaired) electrons. The van der Waals surface area contributed by atoms with Gasteiger partial charge in [-0.05, 0) is 24.6 Å². The summed E-state index contributed by atoms with van der Waals surface area (Å²) >= 11 is 0. The highest BCUT2D eigenvalue weighted by molar-refractivity contribution is 5.95. The zero-order valence-electron chi connectivity index (χ0n) is 14.1. The number of benzene rings is 2. The maximum atomic E-state index is 5.87. The molecule has 2 aromatic carbocycles. The largest absolute Gasteiger partial charge is 0.384 e. The Labute approximate surface area is 147 Å². The molecule has 122 valence electrons. The number of aromatic nitrogens is 2. The van der Waals surface area contributed by atoms with Crippen LogP contribution < -0.4 is 5.73 Å². The van der Waals surface area contributed by atoms with Crippen molar-refractivity contribution in [3.05, 3.63) is 78.5 Å². The monoisotopic (exact) mass is 325 g/mol. The maximum Gasteiger partial charge on any atom is 0.123 e. The summed E-state index contributed by atoms with van der Waals surface area (Å²) in [6, 6.07) is 24.6. The lowest BCUT2D eigenvalue weighted by atomic mass is 9.98. The zero-order chi connectivity index (χ0) is 17.2. The molecule has 4 aromatic rings. The number of pyridine rings is 2. The number of nitrogens with zero attached hydrogens (tertiary/aromatic N) is 2. The van der Waals surface area contributed by atoms with Crippen LogP contribution in [0.5, 0.6) is 0 Å². The average Bonchev–Trinajstić information content (AvgIpc) is 2.68. The molecule has 0 fully saturated rings. The molecule has 0 aliphatic heterocycles. The summed E-state index contributed by atoms with van der Waals surface area (Å²) in [6.07, 6.45) is 0.829. The van der Waals surface area contributed by atoms with E-state index in [1.54, 1.807) is 0 Å². The predicted molar refractivity (Wildman–Crippen MR) is 104 cm³/mol. The summed E-state index contributed by atoms with van der Waals surface area (Å²) in [4.78, 5) is 9.47. The van der Waals surface area contributed by atoms with E-state index in [-0.39, 0.29) is 0 Å². The van der Waals surface area contributed by atoms with Gasteiger partial charge in [0.15, 0.2) is 0 Å². The molecular formula is C22H19N3. The van der Waals surface area contributed by atoms with Crippen molar-refractivity contribution in [1.29, 1.82) is 0 Å².